The number of carbonyl (C=O) groups excluding carboxylic acids is 1. The standard InChI is InChI=1S/C35H52F3NO4Si/c1-24(2)44(25(3)4,26(5)6)41-23-30-17-13-16-29(39(30)33(40)43-34(7,8)9)22-32(27-14-11-10-12-15-27)42-31-20-18-28(19-21-31)35(36,37)38/h10-12,14-15,18-21,24-26,29-30,32H,13,16-17,22-23H2,1-9H3. The molecule has 0 radical (unpaired) electrons. The average molecular weight is 636 g/mol. The van der Waals surface area contributed by atoms with Crippen LogP contribution in [0.4, 0.5) is 18.0 Å². The zero-order chi connectivity index (χ0) is 32.9. The topological polar surface area (TPSA) is 48.0 Å². The van der Waals surface area contributed by atoms with Gasteiger partial charge >= 0.3 is 12.3 Å². The Morgan fingerprint density at radius 2 is 1.41 bits per heavy atom. The van der Waals surface area contributed by atoms with Crippen LogP contribution in [0.2, 0.25) is 16.6 Å². The minimum atomic E-state index is -4.42. The molecule has 2 aromatic rings. The van der Waals surface area contributed by atoms with Gasteiger partial charge in [-0.2, -0.15) is 13.2 Å². The van der Waals surface area contributed by atoms with E-state index in [0.29, 0.717) is 35.4 Å². The number of ether oxygens (including phenoxy) is 2. The number of nitrogens with zero attached hydrogens (tertiary/aromatic N) is 1. The molecule has 3 unspecified atom stereocenters. The SMILES string of the molecule is CC(C)[Si](OCC1CCCC(CC(Oc2ccc(C(F)(F)F)cc2)c2ccccc2)N1C(=O)OC(C)(C)C)(C(C)C)C(C)C. The summed E-state index contributed by atoms with van der Waals surface area (Å²) in [6, 6.07) is 14.0. The van der Waals surface area contributed by atoms with Gasteiger partial charge in [0.2, 0.25) is 0 Å². The van der Waals surface area contributed by atoms with E-state index < -0.39 is 31.8 Å². The van der Waals surface area contributed by atoms with Crippen LogP contribution in [-0.2, 0) is 15.3 Å². The first-order valence-corrected chi connectivity index (χ1v) is 18.1. The number of carbonyl (C=O) groups is 1. The third kappa shape index (κ3) is 9.02. The number of likely N-dealkylation sites (tertiary alicyclic amines) is 1. The van der Waals surface area contributed by atoms with E-state index in [1.165, 1.54) is 12.1 Å². The third-order valence-electron chi connectivity index (χ3n) is 8.82. The monoisotopic (exact) mass is 635 g/mol. The zero-order valence-corrected chi connectivity index (χ0v) is 28.9. The van der Waals surface area contributed by atoms with E-state index in [1.54, 1.807) is 0 Å². The first-order valence-electron chi connectivity index (χ1n) is 16.0. The molecule has 0 aromatic heterocycles. The van der Waals surface area contributed by atoms with Crippen LogP contribution >= 0.6 is 0 Å². The van der Waals surface area contributed by atoms with Crippen molar-refractivity contribution in [2.24, 2.45) is 0 Å². The molecule has 0 aliphatic carbocycles. The highest BCUT2D eigenvalue weighted by molar-refractivity contribution is 6.77. The summed E-state index contributed by atoms with van der Waals surface area (Å²) in [5.41, 5.74) is 0.730. The number of rotatable bonds is 11. The van der Waals surface area contributed by atoms with Crippen molar-refractivity contribution in [3.63, 3.8) is 0 Å². The van der Waals surface area contributed by atoms with E-state index >= 15 is 0 Å². The van der Waals surface area contributed by atoms with E-state index in [0.717, 1.165) is 37.0 Å². The lowest BCUT2D eigenvalue weighted by molar-refractivity contribution is -0.137. The molecule has 2 aromatic carbocycles. The molecule has 5 nitrogen and oxygen atoms in total. The summed E-state index contributed by atoms with van der Waals surface area (Å²) in [5.74, 6) is 0.341. The van der Waals surface area contributed by atoms with Crippen LogP contribution in [0.15, 0.2) is 54.6 Å². The fourth-order valence-electron chi connectivity index (χ4n) is 6.97. The van der Waals surface area contributed by atoms with Gasteiger partial charge in [0.05, 0.1) is 18.2 Å². The second-order valence-corrected chi connectivity index (χ2v) is 19.5. The Kier molecular flexibility index (Phi) is 12.0. The van der Waals surface area contributed by atoms with Crippen molar-refractivity contribution in [3.8, 4) is 5.75 Å². The Morgan fingerprint density at radius 3 is 1.91 bits per heavy atom. The molecule has 0 saturated carbocycles. The van der Waals surface area contributed by atoms with Crippen LogP contribution in [0.3, 0.4) is 0 Å². The van der Waals surface area contributed by atoms with E-state index in [1.807, 2.05) is 56.0 Å². The van der Waals surface area contributed by atoms with Gasteiger partial charge in [-0.05, 0) is 86.5 Å². The predicted molar refractivity (Wildman–Crippen MR) is 172 cm³/mol. The number of benzene rings is 2. The van der Waals surface area contributed by atoms with E-state index in [2.05, 4.69) is 41.5 Å². The highest BCUT2D eigenvalue weighted by Gasteiger charge is 2.47. The summed E-state index contributed by atoms with van der Waals surface area (Å²) in [7, 11) is -2.18. The Morgan fingerprint density at radius 1 is 0.864 bits per heavy atom. The van der Waals surface area contributed by atoms with Crippen molar-refractivity contribution in [3.05, 3.63) is 65.7 Å². The summed E-state index contributed by atoms with van der Waals surface area (Å²) < 4.78 is 58.9. The molecule has 246 valence electrons. The molecule has 1 heterocycles. The van der Waals surface area contributed by atoms with Crippen molar-refractivity contribution in [2.75, 3.05) is 6.61 Å². The van der Waals surface area contributed by atoms with Gasteiger partial charge in [0.1, 0.15) is 17.5 Å². The van der Waals surface area contributed by atoms with Crippen LogP contribution in [0.5, 0.6) is 5.75 Å². The molecule has 3 atom stereocenters. The summed E-state index contributed by atoms with van der Waals surface area (Å²) in [4.78, 5) is 15.8. The number of hydrogen-bond donors (Lipinski definition) is 0. The van der Waals surface area contributed by atoms with Gasteiger partial charge in [0.25, 0.3) is 0 Å². The maximum Gasteiger partial charge on any atom is 0.416 e. The average Bonchev–Trinajstić information content (AvgIpc) is 2.92. The highest BCUT2D eigenvalue weighted by Crippen LogP contribution is 2.43. The Balaban J connectivity index is 1.94. The fourth-order valence-corrected chi connectivity index (χ4v) is 12.4. The molecule has 1 aliphatic rings. The van der Waals surface area contributed by atoms with Gasteiger partial charge in [-0.25, -0.2) is 4.79 Å². The number of hydrogen-bond acceptors (Lipinski definition) is 4. The lowest BCUT2D eigenvalue weighted by atomic mass is 9.90. The maximum absolute atomic E-state index is 13.9. The quantitative estimate of drug-likeness (QED) is 0.231. The van der Waals surface area contributed by atoms with Gasteiger partial charge in [0.15, 0.2) is 8.32 Å². The van der Waals surface area contributed by atoms with E-state index in [4.69, 9.17) is 13.9 Å². The van der Waals surface area contributed by atoms with E-state index in [9.17, 15) is 18.0 Å². The first-order chi connectivity index (χ1) is 20.5. The largest absolute Gasteiger partial charge is 0.486 e. The minimum Gasteiger partial charge on any atom is -0.486 e. The minimum absolute atomic E-state index is 0.158. The molecular formula is C35H52F3NO4Si. The van der Waals surface area contributed by atoms with Gasteiger partial charge in [0, 0.05) is 12.5 Å². The Hall–Kier alpha value is -2.52. The number of piperidine rings is 1. The van der Waals surface area contributed by atoms with Crippen LogP contribution in [-0.4, -0.2) is 43.6 Å². The Bertz CT molecular complexity index is 1160. The fraction of sp³-hybridized carbons (Fsp3) is 0.629. The van der Waals surface area contributed by atoms with Crippen LogP contribution in [0, 0.1) is 0 Å². The van der Waals surface area contributed by atoms with Crippen molar-refractivity contribution in [2.45, 2.75) is 135 Å². The second kappa shape index (κ2) is 14.7. The van der Waals surface area contributed by atoms with Crippen molar-refractivity contribution in [1.29, 1.82) is 0 Å². The molecule has 1 amide bonds. The lowest BCUT2D eigenvalue weighted by Crippen LogP contribution is -2.56. The number of halogens is 3. The summed E-state index contributed by atoms with van der Waals surface area (Å²) in [6.45, 7) is 19.6. The summed E-state index contributed by atoms with van der Waals surface area (Å²) in [5, 5.41) is 0. The van der Waals surface area contributed by atoms with Crippen molar-refractivity contribution >= 4 is 14.4 Å². The predicted octanol–water partition coefficient (Wildman–Crippen LogP) is 10.6. The molecule has 0 N–H and O–H groups in total. The summed E-state index contributed by atoms with van der Waals surface area (Å²) >= 11 is 0. The normalized spacial score (nSPS) is 19.0. The van der Waals surface area contributed by atoms with Crippen molar-refractivity contribution in [1.82, 2.24) is 4.90 Å². The molecule has 1 aliphatic heterocycles. The van der Waals surface area contributed by atoms with Crippen molar-refractivity contribution < 1.29 is 31.9 Å². The first kappa shape index (κ1) is 36.0. The molecule has 44 heavy (non-hydrogen) atoms. The lowest BCUT2D eigenvalue weighted by Gasteiger charge is -2.47. The second-order valence-electron chi connectivity index (χ2n) is 14.0. The van der Waals surface area contributed by atoms with Crippen LogP contribution in [0.25, 0.3) is 0 Å². The highest BCUT2D eigenvalue weighted by atomic mass is 28.4. The third-order valence-corrected chi connectivity index (χ3v) is 14.9. The van der Waals surface area contributed by atoms with Gasteiger partial charge in [-0.1, -0.05) is 71.9 Å². The van der Waals surface area contributed by atoms with E-state index in [-0.39, 0.29) is 18.2 Å². The van der Waals surface area contributed by atoms with Crippen LogP contribution in [0.1, 0.15) is 105 Å². The molecule has 9 heteroatoms. The van der Waals surface area contributed by atoms with Gasteiger partial charge in [-0.15, -0.1) is 0 Å². The molecule has 1 fully saturated rings. The molecular weight excluding hydrogens is 583 g/mol. The molecule has 0 bridgehead atoms. The van der Waals surface area contributed by atoms with Gasteiger partial charge in [-0.3, -0.25) is 4.90 Å². The zero-order valence-electron chi connectivity index (χ0n) is 27.9. The number of alkyl halides is 3. The Labute approximate surface area is 263 Å². The molecule has 3 rings (SSSR count). The summed E-state index contributed by atoms with van der Waals surface area (Å²) in [6.07, 6.45) is -2.34. The van der Waals surface area contributed by atoms with Gasteiger partial charge < -0.3 is 13.9 Å². The number of amides is 1. The molecule has 0 spiro atoms. The molecule has 1 saturated heterocycles. The van der Waals surface area contributed by atoms with Crippen LogP contribution < -0.4 is 4.74 Å². The maximum atomic E-state index is 13.9. The smallest absolute Gasteiger partial charge is 0.416 e.